The Bertz CT molecular complexity index is 135. The predicted molar refractivity (Wildman–Crippen MR) is 40.1 cm³/mol. The molecule has 52 valence electrons. The van der Waals surface area contributed by atoms with Crippen molar-refractivity contribution >= 4 is 23.1 Å². The number of carbonyl (C=O) groups is 1. The third kappa shape index (κ3) is 3.90. The van der Waals surface area contributed by atoms with E-state index in [1.165, 1.54) is 0 Å². The zero-order valence-electron chi connectivity index (χ0n) is 5.47. The Hall–Kier alpha value is -0.640. The van der Waals surface area contributed by atoms with Gasteiger partial charge in [-0.3, -0.25) is 4.79 Å². The summed E-state index contributed by atoms with van der Waals surface area (Å²) in [5.74, 6) is -0.390. The van der Waals surface area contributed by atoms with Crippen LogP contribution in [-0.2, 0) is 4.79 Å². The molecule has 0 aliphatic carbocycles. The lowest BCUT2D eigenvalue weighted by molar-refractivity contribution is -0.119. The molecule has 3 nitrogen and oxygen atoms in total. The van der Waals surface area contributed by atoms with Gasteiger partial charge in [-0.1, -0.05) is 12.2 Å². The largest absolute Gasteiger partial charge is 0.369 e. The van der Waals surface area contributed by atoms with E-state index in [1.807, 2.05) is 0 Å². The zero-order valence-corrected chi connectivity index (χ0v) is 6.29. The van der Waals surface area contributed by atoms with E-state index in [0.717, 1.165) is 0 Å². The summed E-state index contributed by atoms with van der Waals surface area (Å²) in [6.07, 6.45) is 0. The highest BCUT2D eigenvalue weighted by Gasteiger charge is 2.05. The maximum absolute atomic E-state index is 10.3. The molecule has 0 saturated carbocycles. The van der Waals surface area contributed by atoms with E-state index in [1.54, 1.807) is 13.8 Å². The van der Waals surface area contributed by atoms with Crippen LogP contribution in [0.5, 0.6) is 0 Å². The van der Waals surface area contributed by atoms with Crippen LogP contribution in [0.4, 0.5) is 0 Å². The van der Waals surface area contributed by atoms with E-state index in [0.29, 0.717) is 4.99 Å². The molecule has 0 fully saturated rings. The molecule has 0 aromatic carbocycles. The van der Waals surface area contributed by atoms with Crippen LogP contribution in [0.25, 0.3) is 0 Å². The zero-order chi connectivity index (χ0) is 7.44. The summed E-state index contributed by atoms with van der Waals surface area (Å²) in [5, 5.41) is 2.70. The number of hydrogen-bond donors (Lipinski definition) is 2. The smallest absolute Gasteiger partial charge is 0.239 e. The lowest BCUT2D eigenvalue weighted by Crippen LogP contribution is -2.40. The molecule has 0 heterocycles. The van der Waals surface area contributed by atoms with Crippen LogP contribution in [0.3, 0.4) is 0 Å². The molecule has 1 atom stereocenters. The number of amides is 1. The lowest BCUT2D eigenvalue weighted by atomic mass is 10.3. The van der Waals surface area contributed by atoms with E-state index in [9.17, 15) is 4.79 Å². The average Bonchev–Trinajstić information content (AvgIpc) is 1.63. The van der Waals surface area contributed by atoms with Crippen molar-refractivity contribution in [1.82, 2.24) is 5.32 Å². The first-order valence-electron chi connectivity index (χ1n) is 2.60. The second kappa shape index (κ2) is 3.40. The minimum absolute atomic E-state index is 0.359. The van der Waals surface area contributed by atoms with Gasteiger partial charge in [0.15, 0.2) is 0 Å². The number of thiocarbonyl (C=S) groups is 1. The Kier molecular flexibility index (Phi) is 3.16. The van der Waals surface area contributed by atoms with Crippen LogP contribution in [0.1, 0.15) is 13.8 Å². The molecule has 9 heavy (non-hydrogen) atoms. The van der Waals surface area contributed by atoms with Crippen molar-refractivity contribution in [2.24, 2.45) is 5.73 Å². The number of hydrogen-bond acceptors (Lipinski definition) is 2. The van der Waals surface area contributed by atoms with Gasteiger partial charge >= 0.3 is 0 Å². The minimum Gasteiger partial charge on any atom is -0.369 e. The first-order valence-corrected chi connectivity index (χ1v) is 3.01. The van der Waals surface area contributed by atoms with Crippen LogP contribution >= 0.6 is 12.2 Å². The van der Waals surface area contributed by atoms with Gasteiger partial charge in [-0.15, -0.1) is 0 Å². The van der Waals surface area contributed by atoms with Crippen LogP contribution in [-0.4, -0.2) is 16.9 Å². The number of primary amides is 1. The fraction of sp³-hybridized carbons (Fsp3) is 0.600. The Labute approximate surface area is 59.6 Å². The standard InChI is InChI=1S/C5H10N2OS/c1-3(5(6)8)7-4(2)9/h3H,1-2H3,(H2,6,8)(H,7,9)/t3-/m0/s1. The number of rotatable bonds is 2. The Morgan fingerprint density at radius 3 is 2.33 bits per heavy atom. The third-order valence-corrected chi connectivity index (χ3v) is 0.964. The van der Waals surface area contributed by atoms with Gasteiger partial charge in [0.1, 0.15) is 6.04 Å². The minimum atomic E-state index is -0.390. The molecular formula is C5H10N2OS. The summed E-state index contributed by atoms with van der Waals surface area (Å²) in [6.45, 7) is 3.37. The quantitative estimate of drug-likeness (QED) is 0.530. The van der Waals surface area contributed by atoms with E-state index in [2.05, 4.69) is 17.5 Å². The summed E-state index contributed by atoms with van der Waals surface area (Å²) in [6, 6.07) is -0.359. The lowest BCUT2D eigenvalue weighted by Gasteiger charge is -2.07. The van der Waals surface area contributed by atoms with Crippen molar-refractivity contribution < 1.29 is 4.79 Å². The molecule has 0 radical (unpaired) electrons. The fourth-order valence-electron chi connectivity index (χ4n) is 0.376. The molecule has 3 N–H and O–H groups in total. The van der Waals surface area contributed by atoms with Gasteiger partial charge in [0, 0.05) is 0 Å². The highest BCUT2D eigenvalue weighted by atomic mass is 32.1. The van der Waals surface area contributed by atoms with Gasteiger partial charge in [-0.2, -0.15) is 0 Å². The normalized spacial score (nSPS) is 12.2. The molecule has 0 bridgehead atoms. The van der Waals surface area contributed by atoms with E-state index in [-0.39, 0.29) is 11.9 Å². The highest BCUT2D eigenvalue weighted by Crippen LogP contribution is 1.78. The predicted octanol–water partition coefficient (Wildman–Crippen LogP) is -0.203. The summed E-state index contributed by atoms with van der Waals surface area (Å²) in [4.78, 5) is 10.9. The molecule has 0 unspecified atom stereocenters. The fourth-order valence-corrected chi connectivity index (χ4v) is 0.553. The monoisotopic (exact) mass is 146 g/mol. The summed E-state index contributed by atoms with van der Waals surface area (Å²) < 4.78 is 0. The second-order valence-electron chi connectivity index (χ2n) is 1.82. The number of carbonyl (C=O) groups excluding carboxylic acids is 1. The van der Waals surface area contributed by atoms with Crippen molar-refractivity contribution in [3.8, 4) is 0 Å². The Morgan fingerprint density at radius 2 is 2.22 bits per heavy atom. The molecule has 0 aliphatic heterocycles. The van der Waals surface area contributed by atoms with E-state index < -0.39 is 0 Å². The van der Waals surface area contributed by atoms with Crippen molar-refractivity contribution in [1.29, 1.82) is 0 Å². The van der Waals surface area contributed by atoms with Gasteiger partial charge < -0.3 is 11.1 Å². The first kappa shape index (κ1) is 8.36. The summed E-state index contributed by atoms with van der Waals surface area (Å²) in [7, 11) is 0. The van der Waals surface area contributed by atoms with Gasteiger partial charge in [0.25, 0.3) is 0 Å². The maximum atomic E-state index is 10.3. The molecular weight excluding hydrogens is 136 g/mol. The molecule has 0 aromatic heterocycles. The molecule has 1 amide bonds. The molecule has 0 aliphatic rings. The van der Waals surface area contributed by atoms with E-state index in [4.69, 9.17) is 5.73 Å². The number of nitrogens with one attached hydrogen (secondary N) is 1. The van der Waals surface area contributed by atoms with Crippen LogP contribution < -0.4 is 11.1 Å². The maximum Gasteiger partial charge on any atom is 0.239 e. The molecule has 0 rings (SSSR count). The van der Waals surface area contributed by atoms with Gasteiger partial charge in [-0.25, -0.2) is 0 Å². The van der Waals surface area contributed by atoms with Crippen LogP contribution in [0.15, 0.2) is 0 Å². The summed E-state index contributed by atoms with van der Waals surface area (Å²) >= 11 is 4.67. The van der Waals surface area contributed by atoms with Gasteiger partial charge in [0.2, 0.25) is 5.91 Å². The van der Waals surface area contributed by atoms with Crippen LogP contribution in [0.2, 0.25) is 0 Å². The van der Waals surface area contributed by atoms with E-state index >= 15 is 0 Å². The SMILES string of the molecule is CC(=S)N[C@@H](C)C(N)=O. The molecule has 0 spiro atoms. The summed E-state index contributed by atoms with van der Waals surface area (Å²) in [5.41, 5.74) is 4.92. The molecule has 0 aromatic rings. The van der Waals surface area contributed by atoms with Gasteiger partial charge in [-0.05, 0) is 13.8 Å². The Balaban J connectivity index is 3.63. The Morgan fingerprint density at radius 1 is 1.78 bits per heavy atom. The third-order valence-electron chi connectivity index (χ3n) is 0.847. The number of nitrogens with two attached hydrogens (primary N) is 1. The van der Waals surface area contributed by atoms with Gasteiger partial charge in [0.05, 0.1) is 4.99 Å². The van der Waals surface area contributed by atoms with Crippen molar-refractivity contribution in [3.05, 3.63) is 0 Å². The molecule has 4 heteroatoms. The van der Waals surface area contributed by atoms with Crippen molar-refractivity contribution in [3.63, 3.8) is 0 Å². The first-order chi connectivity index (χ1) is 4.04. The topological polar surface area (TPSA) is 55.1 Å². The van der Waals surface area contributed by atoms with Crippen molar-refractivity contribution in [2.45, 2.75) is 19.9 Å². The average molecular weight is 146 g/mol. The molecule has 0 saturated heterocycles. The second-order valence-corrected chi connectivity index (χ2v) is 2.44. The van der Waals surface area contributed by atoms with Crippen molar-refractivity contribution in [2.75, 3.05) is 0 Å². The van der Waals surface area contributed by atoms with Crippen LogP contribution in [0, 0.1) is 0 Å². The highest BCUT2D eigenvalue weighted by molar-refractivity contribution is 7.80.